The predicted molar refractivity (Wildman–Crippen MR) is 214 cm³/mol. The lowest BCUT2D eigenvalue weighted by Crippen LogP contribution is -2.02. The molecule has 0 bridgehead atoms. The van der Waals surface area contributed by atoms with Crippen molar-refractivity contribution in [1.29, 1.82) is 0 Å². The van der Waals surface area contributed by atoms with Gasteiger partial charge in [0.15, 0.2) is 17.2 Å². The number of furan rings is 1. The average Bonchev–Trinajstić information content (AvgIpc) is 3.87. The Labute approximate surface area is 294 Å². The minimum atomic E-state index is 0.664. The summed E-state index contributed by atoms with van der Waals surface area (Å²) in [4.78, 5) is 10.7. The number of thiophene rings is 1. The highest BCUT2D eigenvalue weighted by molar-refractivity contribution is 7.27. The van der Waals surface area contributed by atoms with E-state index in [9.17, 15) is 0 Å². The van der Waals surface area contributed by atoms with Crippen molar-refractivity contribution in [2.75, 3.05) is 0 Å². The summed E-state index contributed by atoms with van der Waals surface area (Å²) < 4.78 is 11.6. The molecule has 0 unspecified atom stereocenters. The van der Waals surface area contributed by atoms with Crippen LogP contribution >= 0.6 is 11.3 Å². The number of rotatable bonds is 2. The zero-order valence-electron chi connectivity index (χ0n) is 27.1. The Morgan fingerprint density at radius 2 is 1.20 bits per heavy atom. The van der Waals surface area contributed by atoms with Gasteiger partial charge in [-0.15, -0.1) is 11.3 Å². The topological polar surface area (TPSA) is 43.9 Å². The molecule has 0 aliphatic rings. The summed E-state index contributed by atoms with van der Waals surface area (Å²) in [5.74, 6) is 1.40. The molecule has 12 aromatic rings. The van der Waals surface area contributed by atoms with E-state index >= 15 is 0 Å². The molecule has 0 aliphatic carbocycles. The number of fused-ring (bicyclic) bond motifs is 16. The van der Waals surface area contributed by atoms with Gasteiger partial charge in [-0.2, -0.15) is 0 Å². The van der Waals surface area contributed by atoms with Gasteiger partial charge in [-0.05, 0) is 57.3 Å². The molecule has 5 heteroatoms. The third-order valence-electron chi connectivity index (χ3n) is 10.6. The van der Waals surface area contributed by atoms with Crippen LogP contribution in [-0.2, 0) is 0 Å². The first-order valence-corrected chi connectivity index (χ1v) is 18.0. The summed E-state index contributed by atoms with van der Waals surface area (Å²) in [5, 5.41) is 13.3. The standard InChI is InChI=1S/C46H25N3OS/c1-2-12-29-26(11-1)21-22-27-25-28(23-24-30(27)29)45-47-41-34-16-6-9-19-37(34)50-43(41)46(48-45)49-36-18-8-5-15-33(36)40-42(49)32-14-4-3-13-31(32)39-35-17-7-10-20-38(35)51-44(39)40/h1-25H. The monoisotopic (exact) mass is 667 g/mol. The summed E-state index contributed by atoms with van der Waals surface area (Å²) >= 11 is 1.87. The van der Waals surface area contributed by atoms with Crippen LogP contribution in [0.1, 0.15) is 0 Å². The maximum atomic E-state index is 6.72. The smallest absolute Gasteiger partial charge is 0.197 e. The van der Waals surface area contributed by atoms with Crippen LogP contribution in [-0.4, -0.2) is 14.5 Å². The van der Waals surface area contributed by atoms with E-state index in [4.69, 9.17) is 14.4 Å². The molecule has 0 saturated heterocycles. The normalized spacial score (nSPS) is 12.3. The van der Waals surface area contributed by atoms with Gasteiger partial charge in [0, 0.05) is 47.3 Å². The number of hydrogen-bond donors (Lipinski definition) is 0. The minimum absolute atomic E-state index is 0.664. The molecule has 4 aromatic heterocycles. The van der Waals surface area contributed by atoms with Gasteiger partial charge in [-0.25, -0.2) is 9.97 Å². The molecule has 0 spiro atoms. The Morgan fingerprint density at radius 1 is 0.510 bits per heavy atom. The van der Waals surface area contributed by atoms with Gasteiger partial charge in [0.05, 0.1) is 11.0 Å². The second-order valence-corrected chi connectivity index (χ2v) is 14.3. The van der Waals surface area contributed by atoms with E-state index in [1.807, 2.05) is 29.5 Å². The van der Waals surface area contributed by atoms with Crippen LogP contribution in [0.25, 0.3) is 114 Å². The number of hydrogen-bond acceptors (Lipinski definition) is 4. The summed E-state index contributed by atoms with van der Waals surface area (Å²) in [6.07, 6.45) is 0. The van der Waals surface area contributed by atoms with Crippen LogP contribution in [0.3, 0.4) is 0 Å². The quantitative estimate of drug-likeness (QED) is 0.172. The maximum absolute atomic E-state index is 6.72. The lowest BCUT2D eigenvalue weighted by atomic mass is 10.00. The van der Waals surface area contributed by atoms with Crippen LogP contribution in [0.15, 0.2) is 156 Å². The van der Waals surface area contributed by atoms with Crippen LogP contribution in [0.5, 0.6) is 0 Å². The molecule has 0 fully saturated rings. The molecule has 4 heterocycles. The van der Waals surface area contributed by atoms with E-state index < -0.39 is 0 Å². The third-order valence-corrected chi connectivity index (χ3v) is 11.8. The number of para-hydroxylation sites is 2. The SMILES string of the molecule is c1ccc2c(c1)ccc1cc(-c3nc(-n4c5ccccc5c5c6sc7ccccc7c6c6ccccc6c54)c4oc5ccccc5c4n3)ccc12. The van der Waals surface area contributed by atoms with Crippen molar-refractivity contribution < 1.29 is 4.42 Å². The van der Waals surface area contributed by atoms with Crippen molar-refractivity contribution in [1.82, 2.24) is 14.5 Å². The van der Waals surface area contributed by atoms with Crippen LogP contribution < -0.4 is 0 Å². The van der Waals surface area contributed by atoms with Gasteiger partial charge in [0.2, 0.25) is 0 Å². The maximum Gasteiger partial charge on any atom is 0.197 e. The van der Waals surface area contributed by atoms with Gasteiger partial charge >= 0.3 is 0 Å². The van der Waals surface area contributed by atoms with E-state index in [0.29, 0.717) is 11.4 Å². The van der Waals surface area contributed by atoms with Gasteiger partial charge in [-0.1, -0.05) is 121 Å². The molecular formula is C46H25N3OS. The first-order chi connectivity index (χ1) is 25.3. The van der Waals surface area contributed by atoms with Crippen LogP contribution in [0.2, 0.25) is 0 Å². The Bertz CT molecular complexity index is 3440. The Kier molecular flexibility index (Phi) is 5.35. The van der Waals surface area contributed by atoms with Crippen LogP contribution in [0.4, 0.5) is 0 Å². The summed E-state index contributed by atoms with van der Waals surface area (Å²) in [6, 6.07) is 54.0. The molecule has 51 heavy (non-hydrogen) atoms. The fourth-order valence-electron chi connectivity index (χ4n) is 8.35. The first kappa shape index (κ1) is 27.3. The summed E-state index contributed by atoms with van der Waals surface area (Å²) in [6.45, 7) is 0. The Morgan fingerprint density at radius 3 is 2.10 bits per heavy atom. The largest absolute Gasteiger partial charge is 0.450 e. The van der Waals surface area contributed by atoms with E-state index in [2.05, 4.69) is 138 Å². The van der Waals surface area contributed by atoms with Gasteiger partial charge in [0.25, 0.3) is 0 Å². The van der Waals surface area contributed by atoms with Crippen molar-refractivity contribution in [2.45, 2.75) is 0 Å². The summed E-state index contributed by atoms with van der Waals surface area (Å²) in [7, 11) is 0. The average molecular weight is 668 g/mol. The second-order valence-electron chi connectivity index (χ2n) is 13.3. The van der Waals surface area contributed by atoms with Gasteiger partial charge < -0.3 is 4.42 Å². The van der Waals surface area contributed by atoms with E-state index in [1.54, 1.807) is 0 Å². The summed E-state index contributed by atoms with van der Waals surface area (Å²) in [5.41, 5.74) is 5.45. The van der Waals surface area contributed by atoms with Crippen LogP contribution in [0, 0.1) is 0 Å². The molecular weight excluding hydrogens is 643 g/mol. The van der Waals surface area contributed by atoms with Crippen molar-refractivity contribution in [3.63, 3.8) is 0 Å². The fraction of sp³-hybridized carbons (Fsp3) is 0. The first-order valence-electron chi connectivity index (χ1n) is 17.2. The van der Waals surface area contributed by atoms with Crippen molar-refractivity contribution in [3.8, 4) is 17.2 Å². The molecule has 0 N–H and O–H groups in total. The predicted octanol–water partition coefficient (Wildman–Crippen LogP) is 13.0. The molecule has 0 radical (unpaired) electrons. The van der Waals surface area contributed by atoms with E-state index in [1.165, 1.54) is 57.9 Å². The fourth-order valence-corrected chi connectivity index (χ4v) is 9.63. The number of benzene rings is 8. The molecule has 0 saturated carbocycles. The molecule has 236 valence electrons. The van der Waals surface area contributed by atoms with Crippen molar-refractivity contribution in [2.24, 2.45) is 0 Å². The van der Waals surface area contributed by atoms with E-state index in [0.717, 1.165) is 44.3 Å². The van der Waals surface area contributed by atoms with Gasteiger partial charge in [0.1, 0.15) is 11.1 Å². The molecule has 0 amide bonds. The zero-order valence-corrected chi connectivity index (χ0v) is 27.9. The minimum Gasteiger partial charge on any atom is -0.450 e. The molecule has 0 atom stereocenters. The highest BCUT2D eigenvalue weighted by Crippen LogP contribution is 2.48. The van der Waals surface area contributed by atoms with E-state index in [-0.39, 0.29) is 0 Å². The highest BCUT2D eigenvalue weighted by Gasteiger charge is 2.25. The molecule has 8 aromatic carbocycles. The molecule has 12 rings (SSSR count). The van der Waals surface area contributed by atoms with Gasteiger partial charge in [-0.3, -0.25) is 4.57 Å². The lowest BCUT2D eigenvalue weighted by Gasteiger charge is -2.12. The zero-order chi connectivity index (χ0) is 33.2. The lowest BCUT2D eigenvalue weighted by molar-refractivity contribution is 0.662. The highest BCUT2D eigenvalue weighted by atomic mass is 32.1. The number of nitrogens with zero attached hydrogens (tertiary/aromatic N) is 3. The Hall–Kier alpha value is -6.56. The van der Waals surface area contributed by atoms with Crippen molar-refractivity contribution in [3.05, 3.63) is 152 Å². The second kappa shape index (κ2) is 10.0. The molecule has 0 aliphatic heterocycles. The third kappa shape index (κ3) is 3.68. The molecule has 4 nitrogen and oxygen atoms in total. The number of aromatic nitrogens is 3. The Balaban J connectivity index is 1.25. The van der Waals surface area contributed by atoms with Crippen molar-refractivity contribution >= 4 is 108 Å².